The number of hydrogen-bond acceptors (Lipinski definition) is 3. The summed E-state index contributed by atoms with van der Waals surface area (Å²) >= 11 is 0. The van der Waals surface area contributed by atoms with E-state index in [4.69, 9.17) is 4.74 Å². The van der Waals surface area contributed by atoms with E-state index in [1.54, 1.807) is 0 Å². The summed E-state index contributed by atoms with van der Waals surface area (Å²) in [6.45, 7) is 5.23. The van der Waals surface area contributed by atoms with Gasteiger partial charge in [-0.05, 0) is 30.2 Å². The summed E-state index contributed by atoms with van der Waals surface area (Å²) < 4.78 is 5.68. The second-order valence-electron chi connectivity index (χ2n) is 7.74. The van der Waals surface area contributed by atoms with Gasteiger partial charge in [-0.3, -0.25) is 9.69 Å². The molecule has 0 aromatic heterocycles. The van der Waals surface area contributed by atoms with Crippen LogP contribution in [0.1, 0.15) is 22.7 Å². The molecule has 0 spiro atoms. The van der Waals surface area contributed by atoms with Gasteiger partial charge in [0.25, 0.3) is 5.91 Å². The minimum atomic E-state index is 0.0474. The number of carbonyl (C=O) groups excluding carboxylic acids is 1. The summed E-state index contributed by atoms with van der Waals surface area (Å²) in [6, 6.07) is 29.2. The van der Waals surface area contributed by atoms with E-state index in [9.17, 15) is 4.79 Å². The molecule has 4 rings (SSSR count). The molecule has 0 atom stereocenters. The van der Waals surface area contributed by atoms with Crippen molar-refractivity contribution in [1.29, 1.82) is 0 Å². The van der Waals surface area contributed by atoms with Crippen LogP contribution in [0.4, 0.5) is 0 Å². The molecule has 30 heavy (non-hydrogen) atoms. The molecule has 0 aliphatic carbocycles. The van der Waals surface area contributed by atoms with E-state index >= 15 is 0 Å². The monoisotopic (exact) mass is 400 g/mol. The Morgan fingerprint density at radius 2 is 1.33 bits per heavy atom. The third kappa shape index (κ3) is 4.89. The van der Waals surface area contributed by atoms with E-state index in [0.717, 1.165) is 18.8 Å². The maximum absolute atomic E-state index is 12.6. The summed E-state index contributed by atoms with van der Waals surface area (Å²) in [4.78, 5) is 17.0. The minimum Gasteiger partial charge on any atom is -0.484 e. The highest BCUT2D eigenvalue weighted by Gasteiger charge is 2.28. The molecule has 1 fully saturated rings. The molecule has 4 heteroatoms. The maximum Gasteiger partial charge on any atom is 0.260 e. The fourth-order valence-electron chi connectivity index (χ4n) is 3.99. The third-order valence-corrected chi connectivity index (χ3v) is 5.65. The molecular formula is C26H28N2O2. The van der Waals surface area contributed by atoms with Crippen LogP contribution in [0.25, 0.3) is 0 Å². The van der Waals surface area contributed by atoms with Crippen molar-refractivity contribution >= 4 is 5.91 Å². The zero-order valence-corrected chi connectivity index (χ0v) is 17.4. The Labute approximate surface area is 178 Å². The molecule has 0 radical (unpaired) electrons. The Kier molecular flexibility index (Phi) is 6.45. The zero-order valence-electron chi connectivity index (χ0n) is 17.4. The van der Waals surface area contributed by atoms with Crippen LogP contribution in [0.5, 0.6) is 5.75 Å². The first kappa shape index (κ1) is 20.2. The van der Waals surface area contributed by atoms with E-state index in [1.165, 1.54) is 16.7 Å². The number of ether oxygens (including phenoxy) is 1. The fourth-order valence-corrected chi connectivity index (χ4v) is 3.99. The van der Waals surface area contributed by atoms with Gasteiger partial charge in [0.1, 0.15) is 5.75 Å². The van der Waals surface area contributed by atoms with Crippen LogP contribution in [0, 0.1) is 6.92 Å². The average molecular weight is 401 g/mol. The second-order valence-corrected chi connectivity index (χ2v) is 7.74. The SMILES string of the molecule is Cc1ccc(OCC(=O)N2CCN(C(c3ccccc3)c3ccccc3)CC2)cc1. The summed E-state index contributed by atoms with van der Waals surface area (Å²) in [6.07, 6.45) is 0. The van der Waals surface area contributed by atoms with Crippen molar-refractivity contribution in [3.8, 4) is 5.75 Å². The van der Waals surface area contributed by atoms with Gasteiger partial charge in [-0.15, -0.1) is 0 Å². The molecule has 4 nitrogen and oxygen atoms in total. The van der Waals surface area contributed by atoms with Gasteiger partial charge >= 0.3 is 0 Å². The smallest absolute Gasteiger partial charge is 0.260 e. The van der Waals surface area contributed by atoms with Crippen LogP contribution >= 0.6 is 0 Å². The van der Waals surface area contributed by atoms with Gasteiger partial charge in [-0.1, -0.05) is 78.4 Å². The number of hydrogen-bond donors (Lipinski definition) is 0. The number of nitrogens with zero attached hydrogens (tertiary/aromatic N) is 2. The number of aryl methyl sites for hydroxylation is 1. The van der Waals surface area contributed by atoms with E-state index < -0.39 is 0 Å². The standard InChI is InChI=1S/C26H28N2O2/c1-21-12-14-24(15-13-21)30-20-25(29)27-16-18-28(19-17-27)26(22-8-4-2-5-9-22)23-10-6-3-7-11-23/h2-15,26H,16-20H2,1H3. The second kappa shape index (κ2) is 9.59. The first-order valence-electron chi connectivity index (χ1n) is 10.5. The lowest BCUT2D eigenvalue weighted by molar-refractivity contribution is -0.135. The number of rotatable bonds is 6. The van der Waals surface area contributed by atoms with Crippen molar-refractivity contribution in [2.45, 2.75) is 13.0 Å². The Morgan fingerprint density at radius 1 is 0.800 bits per heavy atom. The molecule has 0 unspecified atom stereocenters. The lowest BCUT2D eigenvalue weighted by Gasteiger charge is -2.39. The highest BCUT2D eigenvalue weighted by atomic mass is 16.5. The van der Waals surface area contributed by atoms with Crippen LogP contribution in [0.2, 0.25) is 0 Å². The Bertz CT molecular complexity index is 894. The zero-order chi connectivity index (χ0) is 20.8. The number of benzene rings is 3. The van der Waals surface area contributed by atoms with Crippen molar-refractivity contribution in [3.05, 3.63) is 102 Å². The first-order chi connectivity index (χ1) is 14.7. The van der Waals surface area contributed by atoms with E-state index in [2.05, 4.69) is 65.6 Å². The molecule has 1 aliphatic heterocycles. The minimum absolute atomic E-state index is 0.0474. The highest BCUT2D eigenvalue weighted by molar-refractivity contribution is 5.77. The van der Waals surface area contributed by atoms with Crippen LogP contribution in [0.3, 0.4) is 0 Å². The molecule has 3 aromatic carbocycles. The van der Waals surface area contributed by atoms with Crippen LogP contribution in [0.15, 0.2) is 84.9 Å². The maximum atomic E-state index is 12.6. The topological polar surface area (TPSA) is 32.8 Å². The van der Waals surface area contributed by atoms with Crippen molar-refractivity contribution in [3.63, 3.8) is 0 Å². The van der Waals surface area contributed by atoms with Crippen LogP contribution in [-0.4, -0.2) is 48.5 Å². The van der Waals surface area contributed by atoms with Gasteiger partial charge in [-0.25, -0.2) is 0 Å². The van der Waals surface area contributed by atoms with Crippen molar-refractivity contribution in [1.82, 2.24) is 9.80 Å². The molecule has 1 amide bonds. The van der Waals surface area contributed by atoms with Gasteiger partial charge in [0.2, 0.25) is 0 Å². The van der Waals surface area contributed by atoms with Crippen LogP contribution in [-0.2, 0) is 4.79 Å². The Balaban J connectivity index is 1.38. The molecule has 1 heterocycles. The molecular weight excluding hydrogens is 372 g/mol. The third-order valence-electron chi connectivity index (χ3n) is 5.65. The normalized spacial score (nSPS) is 14.7. The molecule has 0 N–H and O–H groups in total. The summed E-state index contributed by atoms with van der Waals surface area (Å²) in [5.74, 6) is 0.784. The molecule has 0 bridgehead atoms. The van der Waals surface area contributed by atoms with Crippen molar-refractivity contribution in [2.75, 3.05) is 32.8 Å². The molecule has 1 saturated heterocycles. The van der Waals surface area contributed by atoms with E-state index in [1.807, 2.05) is 36.1 Å². The van der Waals surface area contributed by atoms with Gasteiger partial charge in [0, 0.05) is 26.2 Å². The number of carbonyl (C=O) groups is 1. The summed E-state index contributed by atoms with van der Waals surface area (Å²) in [5.41, 5.74) is 3.74. The van der Waals surface area contributed by atoms with Crippen LogP contribution < -0.4 is 4.74 Å². The van der Waals surface area contributed by atoms with E-state index in [0.29, 0.717) is 13.1 Å². The van der Waals surface area contributed by atoms with Gasteiger partial charge < -0.3 is 9.64 Å². The highest BCUT2D eigenvalue weighted by Crippen LogP contribution is 2.29. The van der Waals surface area contributed by atoms with E-state index in [-0.39, 0.29) is 18.6 Å². The Hall–Kier alpha value is -3.11. The largest absolute Gasteiger partial charge is 0.484 e. The van der Waals surface area contributed by atoms with Gasteiger partial charge in [0.05, 0.1) is 6.04 Å². The van der Waals surface area contributed by atoms with Crippen molar-refractivity contribution in [2.24, 2.45) is 0 Å². The number of piperazine rings is 1. The lowest BCUT2D eigenvalue weighted by atomic mass is 9.96. The van der Waals surface area contributed by atoms with Gasteiger partial charge in [0.15, 0.2) is 6.61 Å². The first-order valence-corrected chi connectivity index (χ1v) is 10.5. The molecule has 3 aromatic rings. The summed E-state index contributed by atoms with van der Waals surface area (Å²) in [5, 5.41) is 0. The molecule has 1 aliphatic rings. The Morgan fingerprint density at radius 3 is 1.87 bits per heavy atom. The predicted octanol–water partition coefficient (Wildman–Crippen LogP) is 4.31. The van der Waals surface area contributed by atoms with Gasteiger partial charge in [-0.2, -0.15) is 0 Å². The fraction of sp³-hybridized carbons (Fsp3) is 0.269. The predicted molar refractivity (Wildman–Crippen MR) is 120 cm³/mol. The summed E-state index contributed by atoms with van der Waals surface area (Å²) in [7, 11) is 0. The molecule has 154 valence electrons. The average Bonchev–Trinajstić information content (AvgIpc) is 2.81. The lowest BCUT2D eigenvalue weighted by Crippen LogP contribution is -2.51. The molecule has 0 saturated carbocycles. The van der Waals surface area contributed by atoms with Crippen molar-refractivity contribution < 1.29 is 9.53 Å². The quantitative estimate of drug-likeness (QED) is 0.618. The number of amides is 1.